The molecular weight excluding hydrogens is 318 g/mol. The van der Waals surface area contributed by atoms with Crippen molar-refractivity contribution in [1.82, 2.24) is 9.88 Å². The Hall–Kier alpha value is -2.60. The number of aliphatic hydroxyl groups is 1. The summed E-state index contributed by atoms with van der Waals surface area (Å²) < 4.78 is 6.09. The van der Waals surface area contributed by atoms with E-state index in [2.05, 4.69) is 4.98 Å². The summed E-state index contributed by atoms with van der Waals surface area (Å²) in [6.07, 6.45) is 2.47. The smallest absolute Gasteiger partial charge is 0.253 e. The van der Waals surface area contributed by atoms with Crippen molar-refractivity contribution in [2.75, 3.05) is 32.1 Å². The van der Waals surface area contributed by atoms with Crippen molar-refractivity contribution in [3.8, 4) is 5.75 Å². The molecule has 0 bridgehead atoms. The van der Waals surface area contributed by atoms with Gasteiger partial charge in [0, 0.05) is 38.8 Å². The average molecular weight is 341 g/mol. The highest BCUT2D eigenvalue weighted by atomic mass is 16.5. The maximum absolute atomic E-state index is 12.7. The highest BCUT2D eigenvalue weighted by Crippen LogP contribution is 2.27. The van der Waals surface area contributed by atoms with Crippen LogP contribution in [-0.4, -0.2) is 54.2 Å². The summed E-state index contributed by atoms with van der Waals surface area (Å²) in [5, 5.41) is 9.23. The third-order valence-corrected chi connectivity index (χ3v) is 4.26. The van der Waals surface area contributed by atoms with Crippen molar-refractivity contribution >= 4 is 11.7 Å². The van der Waals surface area contributed by atoms with E-state index in [0.29, 0.717) is 18.7 Å². The van der Waals surface area contributed by atoms with Gasteiger partial charge in [-0.25, -0.2) is 4.98 Å². The van der Waals surface area contributed by atoms with Crippen LogP contribution in [0.15, 0.2) is 42.6 Å². The molecule has 1 N–H and O–H groups in total. The maximum atomic E-state index is 12.7. The second-order valence-corrected chi connectivity index (χ2v) is 6.36. The van der Waals surface area contributed by atoms with Crippen LogP contribution in [-0.2, 0) is 6.61 Å². The molecule has 132 valence electrons. The van der Waals surface area contributed by atoms with Crippen LogP contribution in [0.2, 0.25) is 0 Å². The Balaban J connectivity index is 1.67. The molecule has 1 saturated heterocycles. The molecule has 1 aliphatic rings. The van der Waals surface area contributed by atoms with E-state index in [-0.39, 0.29) is 18.6 Å². The largest absolute Gasteiger partial charge is 0.485 e. The van der Waals surface area contributed by atoms with Gasteiger partial charge >= 0.3 is 0 Å². The van der Waals surface area contributed by atoms with E-state index in [1.807, 2.05) is 31.1 Å². The molecule has 1 aliphatic heterocycles. The molecule has 6 nitrogen and oxygen atoms in total. The first-order valence-corrected chi connectivity index (χ1v) is 8.36. The lowest BCUT2D eigenvalue weighted by Crippen LogP contribution is -2.31. The van der Waals surface area contributed by atoms with Gasteiger partial charge in [-0.2, -0.15) is 0 Å². The molecule has 2 aromatic rings. The molecule has 1 fully saturated rings. The quantitative estimate of drug-likeness (QED) is 0.900. The Morgan fingerprint density at radius 3 is 2.96 bits per heavy atom. The average Bonchev–Trinajstić information content (AvgIpc) is 3.10. The topological polar surface area (TPSA) is 65.9 Å². The van der Waals surface area contributed by atoms with E-state index in [1.165, 1.54) is 0 Å². The van der Waals surface area contributed by atoms with Gasteiger partial charge < -0.3 is 19.6 Å². The molecule has 0 aliphatic carbocycles. The number of carbonyl (C=O) groups is 1. The summed E-state index contributed by atoms with van der Waals surface area (Å²) in [7, 11) is 3.85. The Kier molecular flexibility index (Phi) is 5.19. The third kappa shape index (κ3) is 3.91. The van der Waals surface area contributed by atoms with Crippen LogP contribution in [0, 0.1) is 0 Å². The monoisotopic (exact) mass is 341 g/mol. The van der Waals surface area contributed by atoms with Crippen LogP contribution in [0.5, 0.6) is 5.75 Å². The van der Waals surface area contributed by atoms with Crippen LogP contribution in [0.3, 0.4) is 0 Å². The predicted molar refractivity (Wildman–Crippen MR) is 95.9 cm³/mol. The fourth-order valence-electron chi connectivity index (χ4n) is 2.98. The van der Waals surface area contributed by atoms with E-state index in [1.54, 1.807) is 35.4 Å². The molecule has 0 spiro atoms. The minimum absolute atomic E-state index is 0.0274. The summed E-state index contributed by atoms with van der Waals surface area (Å²) in [5.41, 5.74) is 1.34. The standard InChI is InChI=1S/C19H23N3O3/c1-21(2)18-17(7-4-9-20-18)25-16-8-10-22(12-16)19(24)15-6-3-5-14(11-15)13-23/h3-7,9,11,16,23H,8,10,12-13H2,1-2H3. The van der Waals surface area contributed by atoms with Gasteiger partial charge in [-0.1, -0.05) is 12.1 Å². The van der Waals surface area contributed by atoms with Crippen LogP contribution < -0.4 is 9.64 Å². The number of hydrogen-bond acceptors (Lipinski definition) is 5. The van der Waals surface area contributed by atoms with Crippen molar-refractivity contribution in [2.45, 2.75) is 19.1 Å². The minimum atomic E-state index is -0.0683. The number of aromatic nitrogens is 1. The SMILES string of the molecule is CN(C)c1ncccc1OC1CCN(C(=O)c2cccc(CO)c2)C1. The number of ether oxygens (including phenoxy) is 1. The number of pyridine rings is 1. The lowest BCUT2D eigenvalue weighted by molar-refractivity contribution is 0.0772. The van der Waals surface area contributed by atoms with Gasteiger partial charge in [0.25, 0.3) is 5.91 Å². The van der Waals surface area contributed by atoms with Crippen LogP contribution in [0.25, 0.3) is 0 Å². The molecule has 1 unspecified atom stereocenters. The summed E-state index contributed by atoms with van der Waals surface area (Å²) >= 11 is 0. The van der Waals surface area contributed by atoms with E-state index < -0.39 is 0 Å². The first-order chi connectivity index (χ1) is 12.1. The molecular formula is C19H23N3O3. The first kappa shape index (κ1) is 17.2. The van der Waals surface area contributed by atoms with Crippen LogP contribution in [0.1, 0.15) is 22.3 Å². The molecule has 6 heteroatoms. The van der Waals surface area contributed by atoms with Crippen molar-refractivity contribution in [3.63, 3.8) is 0 Å². The summed E-state index contributed by atoms with van der Waals surface area (Å²) in [6, 6.07) is 10.9. The summed E-state index contributed by atoms with van der Waals surface area (Å²) in [5.74, 6) is 1.48. The van der Waals surface area contributed by atoms with Gasteiger partial charge in [0.2, 0.25) is 0 Å². The van der Waals surface area contributed by atoms with E-state index in [0.717, 1.165) is 23.6 Å². The van der Waals surface area contributed by atoms with Gasteiger partial charge in [-0.15, -0.1) is 0 Å². The number of carbonyl (C=O) groups excluding carboxylic acids is 1. The zero-order chi connectivity index (χ0) is 17.8. The van der Waals surface area contributed by atoms with Gasteiger partial charge in [-0.3, -0.25) is 4.79 Å². The Morgan fingerprint density at radius 1 is 1.36 bits per heavy atom. The fraction of sp³-hybridized carbons (Fsp3) is 0.368. The Labute approximate surface area is 147 Å². The van der Waals surface area contributed by atoms with E-state index in [9.17, 15) is 9.90 Å². The lowest BCUT2D eigenvalue weighted by atomic mass is 10.1. The first-order valence-electron chi connectivity index (χ1n) is 8.36. The highest BCUT2D eigenvalue weighted by Gasteiger charge is 2.29. The number of hydrogen-bond donors (Lipinski definition) is 1. The zero-order valence-corrected chi connectivity index (χ0v) is 14.6. The summed E-state index contributed by atoms with van der Waals surface area (Å²) in [6.45, 7) is 1.13. The number of rotatable bonds is 5. The highest BCUT2D eigenvalue weighted by molar-refractivity contribution is 5.94. The van der Waals surface area contributed by atoms with Crippen molar-refractivity contribution in [2.24, 2.45) is 0 Å². The fourth-order valence-corrected chi connectivity index (χ4v) is 2.98. The number of likely N-dealkylation sites (tertiary alicyclic amines) is 1. The number of benzene rings is 1. The maximum Gasteiger partial charge on any atom is 0.253 e. The van der Waals surface area contributed by atoms with Crippen molar-refractivity contribution in [1.29, 1.82) is 0 Å². The van der Waals surface area contributed by atoms with E-state index >= 15 is 0 Å². The molecule has 1 aromatic carbocycles. The van der Waals surface area contributed by atoms with Gasteiger partial charge in [-0.05, 0) is 29.8 Å². The normalized spacial score (nSPS) is 16.8. The Bertz CT molecular complexity index is 748. The second kappa shape index (κ2) is 7.53. The zero-order valence-electron chi connectivity index (χ0n) is 14.6. The third-order valence-electron chi connectivity index (χ3n) is 4.26. The van der Waals surface area contributed by atoms with Crippen LogP contribution in [0.4, 0.5) is 5.82 Å². The Morgan fingerprint density at radius 2 is 2.20 bits per heavy atom. The second-order valence-electron chi connectivity index (χ2n) is 6.36. The molecule has 3 rings (SSSR count). The van der Waals surface area contributed by atoms with Crippen molar-refractivity contribution in [3.05, 3.63) is 53.7 Å². The number of anilines is 1. The van der Waals surface area contributed by atoms with Gasteiger partial charge in [0.05, 0.1) is 13.2 Å². The lowest BCUT2D eigenvalue weighted by Gasteiger charge is -2.20. The summed E-state index contributed by atoms with van der Waals surface area (Å²) in [4.78, 5) is 20.7. The molecule has 1 atom stereocenters. The number of nitrogens with zero attached hydrogens (tertiary/aromatic N) is 3. The molecule has 0 saturated carbocycles. The van der Waals surface area contributed by atoms with Crippen LogP contribution >= 0.6 is 0 Å². The molecule has 1 aromatic heterocycles. The number of aliphatic hydroxyl groups excluding tert-OH is 1. The van der Waals surface area contributed by atoms with E-state index in [4.69, 9.17) is 4.74 Å². The number of amides is 1. The molecule has 2 heterocycles. The molecule has 1 amide bonds. The predicted octanol–water partition coefficient (Wildman–Crippen LogP) is 1.93. The minimum Gasteiger partial charge on any atom is -0.485 e. The van der Waals surface area contributed by atoms with Gasteiger partial charge in [0.1, 0.15) is 6.10 Å². The molecule has 0 radical (unpaired) electrons. The van der Waals surface area contributed by atoms with Crippen molar-refractivity contribution < 1.29 is 14.6 Å². The molecule has 25 heavy (non-hydrogen) atoms. The van der Waals surface area contributed by atoms with Gasteiger partial charge in [0.15, 0.2) is 11.6 Å².